The van der Waals surface area contributed by atoms with Gasteiger partial charge >= 0.3 is 5.97 Å². The molecule has 0 heterocycles. The molecule has 1 amide bonds. The van der Waals surface area contributed by atoms with Crippen molar-refractivity contribution in [3.63, 3.8) is 0 Å². The summed E-state index contributed by atoms with van der Waals surface area (Å²) in [6.45, 7) is 2.28. The van der Waals surface area contributed by atoms with Crippen molar-refractivity contribution >= 4 is 27.6 Å². The van der Waals surface area contributed by atoms with Crippen LogP contribution < -0.4 is 10.0 Å². The molecule has 0 fully saturated rings. The summed E-state index contributed by atoms with van der Waals surface area (Å²) in [6.07, 6.45) is -1.19. The van der Waals surface area contributed by atoms with Crippen LogP contribution >= 0.6 is 0 Å². The number of carbonyl (C=O) groups excluding carboxylic acids is 2. The molecule has 0 aliphatic rings. The van der Waals surface area contributed by atoms with Gasteiger partial charge in [-0.25, -0.2) is 12.8 Å². The number of anilines is 1. The molecule has 0 spiro atoms. The van der Waals surface area contributed by atoms with Crippen LogP contribution in [0.2, 0.25) is 0 Å². The lowest BCUT2D eigenvalue weighted by Crippen LogP contribution is -2.35. The molecule has 27 heavy (non-hydrogen) atoms. The average molecular weight is 394 g/mol. The lowest BCUT2D eigenvalue weighted by Gasteiger charge is -2.14. The van der Waals surface area contributed by atoms with Gasteiger partial charge in [0.1, 0.15) is 12.4 Å². The Hall–Kier alpha value is -2.78. The van der Waals surface area contributed by atoms with E-state index in [1.807, 2.05) is 0 Å². The lowest BCUT2D eigenvalue weighted by atomic mass is 10.2. The highest BCUT2D eigenvalue weighted by atomic mass is 32.2. The second kappa shape index (κ2) is 8.74. The molecule has 0 aliphatic carbocycles. The number of halogens is 1. The first kappa shape index (κ1) is 20.5. The van der Waals surface area contributed by atoms with E-state index >= 15 is 0 Å². The van der Waals surface area contributed by atoms with Crippen LogP contribution in [-0.2, 0) is 24.3 Å². The predicted molar refractivity (Wildman–Crippen MR) is 97.0 cm³/mol. The van der Waals surface area contributed by atoms with Crippen LogP contribution in [0.3, 0.4) is 0 Å². The van der Waals surface area contributed by atoms with E-state index < -0.39 is 40.4 Å². The Bertz CT molecular complexity index is 932. The Labute approximate surface area is 156 Å². The average Bonchev–Trinajstić information content (AvgIpc) is 2.64. The summed E-state index contributed by atoms with van der Waals surface area (Å²) in [5.74, 6) is -2.07. The van der Waals surface area contributed by atoms with Gasteiger partial charge in [0.2, 0.25) is 10.0 Å². The van der Waals surface area contributed by atoms with Gasteiger partial charge in [-0.15, -0.1) is 0 Å². The largest absolute Gasteiger partial charge is 0.452 e. The van der Waals surface area contributed by atoms with E-state index in [4.69, 9.17) is 4.74 Å². The van der Waals surface area contributed by atoms with Crippen molar-refractivity contribution in [3.05, 3.63) is 59.9 Å². The molecule has 0 aliphatic heterocycles. The molecule has 2 aromatic carbocycles. The third-order valence-corrected chi connectivity index (χ3v) is 4.99. The highest BCUT2D eigenvalue weighted by Gasteiger charge is 2.20. The van der Waals surface area contributed by atoms with Crippen LogP contribution in [0.1, 0.15) is 12.5 Å². The number of rotatable bonds is 7. The zero-order valence-corrected chi connectivity index (χ0v) is 15.5. The van der Waals surface area contributed by atoms with Gasteiger partial charge < -0.3 is 10.1 Å². The van der Waals surface area contributed by atoms with Gasteiger partial charge in [-0.1, -0.05) is 24.3 Å². The van der Waals surface area contributed by atoms with Crippen molar-refractivity contribution in [3.8, 4) is 0 Å². The van der Waals surface area contributed by atoms with Crippen LogP contribution in [-0.4, -0.2) is 32.9 Å². The van der Waals surface area contributed by atoms with E-state index in [9.17, 15) is 22.4 Å². The number of benzene rings is 2. The standard InChI is InChI=1S/C18H19FN2O5S/c1-12-8-9-14(10-16(12)19)21-18(23)13(2)26-17(22)11-20-27(24,25)15-6-4-3-5-7-15/h3-10,13,20H,11H2,1-2H3,(H,21,23)/t13-/m1/s1. The molecule has 2 rings (SSSR count). The van der Waals surface area contributed by atoms with Crippen LogP contribution in [0.5, 0.6) is 0 Å². The number of nitrogens with one attached hydrogen (secondary N) is 2. The van der Waals surface area contributed by atoms with Gasteiger partial charge in [-0.05, 0) is 43.7 Å². The number of amides is 1. The smallest absolute Gasteiger partial charge is 0.321 e. The molecule has 9 heteroatoms. The minimum atomic E-state index is -3.86. The van der Waals surface area contributed by atoms with Gasteiger partial charge in [-0.3, -0.25) is 9.59 Å². The van der Waals surface area contributed by atoms with Crippen molar-refractivity contribution in [2.24, 2.45) is 0 Å². The first-order chi connectivity index (χ1) is 12.7. The van der Waals surface area contributed by atoms with Gasteiger partial charge in [0.15, 0.2) is 6.10 Å². The fraction of sp³-hybridized carbons (Fsp3) is 0.222. The van der Waals surface area contributed by atoms with Gasteiger partial charge in [0.05, 0.1) is 4.90 Å². The maximum atomic E-state index is 13.5. The molecule has 0 saturated heterocycles. The monoisotopic (exact) mass is 394 g/mol. The number of sulfonamides is 1. The molecular formula is C18H19FN2O5S. The van der Waals surface area contributed by atoms with Crippen molar-refractivity contribution in [1.82, 2.24) is 4.72 Å². The number of hydrogen-bond acceptors (Lipinski definition) is 5. The fourth-order valence-electron chi connectivity index (χ4n) is 2.04. The molecule has 2 N–H and O–H groups in total. The summed E-state index contributed by atoms with van der Waals surface area (Å²) in [5.41, 5.74) is 0.647. The second-order valence-corrected chi connectivity index (χ2v) is 7.49. The number of hydrogen-bond donors (Lipinski definition) is 2. The first-order valence-corrected chi connectivity index (χ1v) is 9.48. The summed E-state index contributed by atoms with van der Waals surface area (Å²) in [7, 11) is -3.86. The molecule has 144 valence electrons. The van der Waals surface area contributed by atoms with E-state index in [1.54, 1.807) is 25.1 Å². The van der Waals surface area contributed by atoms with Crippen molar-refractivity contribution in [1.29, 1.82) is 0 Å². The van der Waals surface area contributed by atoms with E-state index in [2.05, 4.69) is 10.0 Å². The van der Waals surface area contributed by atoms with Crippen molar-refractivity contribution in [2.75, 3.05) is 11.9 Å². The highest BCUT2D eigenvalue weighted by Crippen LogP contribution is 2.14. The maximum Gasteiger partial charge on any atom is 0.321 e. The van der Waals surface area contributed by atoms with Gasteiger partial charge in [-0.2, -0.15) is 4.72 Å². The molecule has 0 aromatic heterocycles. The number of aryl methyl sites for hydroxylation is 1. The topological polar surface area (TPSA) is 102 Å². The Kier molecular flexibility index (Phi) is 6.65. The third kappa shape index (κ3) is 5.87. The number of ether oxygens (including phenoxy) is 1. The lowest BCUT2D eigenvalue weighted by molar-refractivity contribution is -0.151. The molecular weight excluding hydrogens is 375 g/mol. The summed E-state index contributed by atoms with van der Waals surface area (Å²) in [5, 5.41) is 2.42. The first-order valence-electron chi connectivity index (χ1n) is 8.00. The van der Waals surface area contributed by atoms with Crippen molar-refractivity contribution in [2.45, 2.75) is 24.8 Å². The molecule has 2 aromatic rings. The Morgan fingerprint density at radius 2 is 1.81 bits per heavy atom. The second-order valence-electron chi connectivity index (χ2n) is 5.72. The van der Waals surface area contributed by atoms with E-state index in [0.717, 1.165) is 6.07 Å². The number of carbonyl (C=O) groups is 2. The Morgan fingerprint density at radius 3 is 2.44 bits per heavy atom. The van der Waals surface area contributed by atoms with Gasteiger partial charge in [0, 0.05) is 5.69 Å². The van der Waals surface area contributed by atoms with Crippen molar-refractivity contribution < 1.29 is 27.1 Å². The number of esters is 1. The van der Waals surface area contributed by atoms with Crippen LogP contribution in [0.25, 0.3) is 0 Å². The molecule has 0 saturated carbocycles. The molecule has 7 nitrogen and oxygen atoms in total. The fourth-order valence-corrected chi connectivity index (χ4v) is 3.03. The minimum Gasteiger partial charge on any atom is -0.452 e. The molecule has 0 bridgehead atoms. The van der Waals surface area contributed by atoms with E-state index in [-0.39, 0.29) is 10.6 Å². The minimum absolute atomic E-state index is 0.00462. The van der Waals surface area contributed by atoms with Crippen LogP contribution in [0.4, 0.5) is 10.1 Å². The summed E-state index contributed by atoms with van der Waals surface area (Å²) in [6, 6.07) is 11.7. The van der Waals surface area contributed by atoms with E-state index in [0.29, 0.717) is 5.56 Å². The normalized spacial score (nSPS) is 12.3. The maximum absolute atomic E-state index is 13.5. The Balaban J connectivity index is 1.87. The SMILES string of the molecule is Cc1ccc(NC(=O)[C@@H](C)OC(=O)CNS(=O)(=O)c2ccccc2)cc1F. The molecule has 0 radical (unpaired) electrons. The zero-order chi connectivity index (χ0) is 20.0. The zero-order valence-electron chi connectivity index (χ0n) is 14.7. The third-order valence-electron chi connectivity index (χ3n) is 3.58. The van der Waals surface area contributed by atoms with Gasteiger partial charge in [0.25, 0.3) is 5.91 Å². The summed E-state index contributed by atoms with van der Waals surface area (Å²) >= 11 is 0. The molecule has 0 unspecified atom stereocenters. The van der Waals surface area contributed by atoms with Crippen LogP contribution in [0.15, 0.2) is 53.4 Å². The quantitative estimate of drug-likeness (QED) is 0.700. The highest BCUT2D eigenvalue weighted by molar-refractivity contribution is 7.89. The summed E-state index contributed by atoms with van der Waals surface area (Å²) < 4.78 is 44.5. The molecule has 1 atom stereocenters. The van der Waals surface area contributed by atoms with Crippen LogP contribution in [0, 0.1) is 12.7 Å². The predicted octanol–water partition coefficient (Wildman–Crippen LogP) is 1.98. The van der Waals surface area contributed by atoms with E-state index in [1.165, 1.54) is 31.2 Å². The summed E-state index contributed by atoms with van der Waals surface area (Å²) in [4.78, 5) is 23.8. The Morgan fingerprint density at radius 1 is 1.15 bits per heavy atom.